The van der Waals surface area contributed by atoms with E-state index in [1.807, 2.05) is 0 Å². The van der Waals surface area contributed by atoms with Crippen LogP contribution in [0, 0.1) is 12.8 Å². The third-order valence-electron chi connectivity index (χ3n) is 4.98. The van der Waals surface area contributed by atoms with Crippen molar-refractivity contribution < 1.29 is 9.32 Å². The summed E-state index contributed by atoms with van der Waals surface area (Å²) in [4.78, 5) is 16.8. The van der Waals surface area contributed by atoms with E-state index in [9.17, 15) is 4.79 Å². The fourth-order valence-corrected chi connectivity index (χ4v) is 3.68. The molecule has 0 bridgehead atoms. The second-order valence-electron chi connectivity index (χ2n) is 6.73. The van der Waals surface area contributed by atoms with Gasteiger partial charge in [-0.3, -0.25) is 4.79 Å². The van der Waals surface area contributed by atoms with Gasteiger partial charge in [0.15, 0.2) is 5.82 Å². The van der Waals surface area contributed by atoms with Crippen LogP contribution >= 0.6 is 0 Å². The van der Waals surface area contributed by atoms with E-state index in [0.29, 0.717) is 24.1 Å². The molecule has 1 atom stereocenters. The molecule has 122 valence electrons. The average molecular weight is 306 g/mol. The van der Waals surface area contributed by atoms with Crippen LogP contribution in [0.4, 0.5) is 0 Å². The lowest BCUT2D eigenvalue weighted by Gasteiger charge is -2.35. The Morgan fingerprint density at radius 3 is 2.86 bits per heavy atom. The number of hydrogen-bond donors (Lipinski definition) is 2. The number of amides is 1. The van der Waals surface area contributed by atoms with Crippen LogP contribution in [0.2, 0.25) is 0 Å². The Bertz CT molecular complexity index is 502. The predicted molar refractivity (Wildman–Crippen MR) is 82.2 cm³/mol. The first-order chi connectivity index (χ1) is 10.7. The molecule has 2 N–H and O–H groups in total. The molecule has 6 heteroatoms. The molecule has 1 saturated carbocycles. The minimum atomic E-state index is -0.416. The Morgan fingerprint density at radius 2 is 2.23 bits per heavy atom. The van der Waals surface area contributed by atoms with Crippen LogP contribution in [0.5, 0.6) is 0 Å². The van der Waals surface area contributed by atoms with Crippen molar-refractivity contribution in [1.29, 1.82) is 0 Å². The number of rotatable bonds is 5. The molecule has 1 saturated heterocycles. The fourth-order valence-electron chi connectivity index (χ4n) is 3.68. The van der Waals surface area contributed by atoms with E-state index < -0.39 is 5.54 Å². The van der Waals surface area contributed by atoms with E-state index in [-0.39, 0.29) is 5.91 Å². The Balaban J connectivity index is 1.63. The van der Waals surface area contributed by atoms with Crippen molar-refractivity contribution in [3.63, 3.8) is 0 Å². The lowest BCUT2D eigenvalue weighted by Crippen LogP contribution is -2.48. The molecular formula is C16H26N4O2. The Kier molecular flexibility index (Phi) is 4.76. The van der Waals surface area contributed by atoms with E-state index in [0.717, 1.165) is 45.2 Å². The maximum atomic E-state index is 12.4. The number of hydrogen-bond acceptors (Lipinski definition) is 5. The highest BCUT2D eigenvalue weighted by Gasteiger charge is 2.39. The molecule has 3 rings (SSSR count). The van der Waals surface area contributed by atoms with Gasteiger partial charge in [0.25, 0.3) is 0 Å². The van der Waals surface area contributed by atoms with Gasteiger partial charge >= 0.3 is 0 Å². The van der Waals surface area contributed by atoms with E-state index in [1.165, 1.54) is 12.8 Å². The second-order valence-corrected chi connectivity index (χ2v) is 6.73. The number of aryl methyl sites for hydroxylation is 1. The standard InChI is InChI=1S/C16H26N4O2/c1-12-18-15(20-22-12)16(8-3-2-4-9-16)19-14(21)6-5-13-7-10-17-11-13/h13,17H,2-11H2,1H3,(H,19,21). The summed E-state index contributed by atoms with van der Waals surface area (Å²) >= 11 is 0. The number of carbonyl (C=O) groups excluding carboxylic acids is 1. The first kappa shape index (κ1) is 15.5. The summed E-state index contributed by atoms with van der Waals surface area (Å²) in [6, 6.07) is 0. The molecule has 2 aliphatic rings. The van der Waals surface area contributed by atoms with Gasteiger partial charge in [0.05, 0.1) is 0 Å². The molecule has 1 unspecified atom stereocenters. The SMILES string of the molecule is Cc1nc(C2(NC(=O)CCC3CCNC3)CCCCC2)no1. The van der Waals surface area contributed by atoms with Crippen molar-refractivity contribution in [2.24, 2.45) is 5.92 Å². The highest BCUT2D eigenvalue weighted by molar-refractivity contribution is 5.76. The van der Waals surface area contributed by atoms with Gasteiger partial charge in [-0.05, 0) is 44.7 Å². The van der Waals surface area contributed by atoms with Gasteiger partial charge in [0, 0.05) is 13.3 Å². The lowest BCUT2D eigenvalue weighted by molar-refractivity contribution is -0.124. The maximum Gasteiger partial charge on any atom is 0.223 e. The minimum Gasteiger partial charge on any atom is -0.343 e. The van der Waals surface area contributed by atoms with Gasteiger partial charge in [0.1, 0.15) is 5.54 Å². The smallest absolute Gasteiger partial charge is 0.223 e. The molecule has 2 heterocycles. The first-order valence-corrected chi connectivity index (χ1v) is 8.50. The molecule has 0 aromatic carbocycles. The van der Waals surface area contributed by atoms with Crippen molar-refractivity contribution in [1.82, 2.24) is 20.8 Å². The zero-order valence-electron chi connectivity index (χ0n) is 13.4. The molecule has 1 amide bonds. The molecule has 1 aromatic heterocycles. The Hall–Kier alpha value is -1.43. The van der Waals surface area contributed by atoms with Crippen molar-refractivity contribution in [2.45, 2.75) is 63.8 Å². The van der Waals surface area contributed by atoms with Gasteiger partial charge in [0.2, 0.25) is 11.8 Å². The summed E-state index contributed by atoms with van der Waals surface area (Å²) in [5.41, 5.74) is -0.416. The van der Waals surface area contributed by atoms with E-state index in [4.69, 9.17) is 4.52 Å². The van der Waals surface area contributed by atoms with Crippen LogP contribution in [-0.4, -0.2) is 29.1 Å². The molecule has 1 aliphatic carbocycles. The summed E-state index contributed by atoms with van der Waals surface area (Å²) in [7, 11) is 0. The fraction of sp³-hybridized carbons (Fsp3) is 0.812. The van der Waals surface area contributed by atoms with Gasteiger partial charge in [-0.15, -0.1) is 0 Å². The number of aromatic nitrogens is 2. The molecule has 0 spiro atoms. The molecule has 0 radical (unpaired) electrons. The third kappa shape index (κ3) is 3.48. The van der Waals surface area contributed by atoms with Crippen molar-refractivity contribution in [2.75, 3.05) is 13.1 Å². The van der Waals surface area contributed by atoms with Crippen molar-refractivity contribution in [3.8, 4) is 0 Å². The number of nitrogens with zero attached hydrogens (tertiary/aromatic N) is 2. The van der Waals surface area contributed by atoms with Crippen LogP contribution in [0.15, 0.2) is 4.52 Å². The molecule has 2 fully saturated rings. The van der Waals surface area contributed by atoms with Crippen LogP contribution in [0.3, 0.4) is 0 Å². The normalized spacial score (nSPS) is 24.3. The molecule has 22 heavy (non-hydrogen) atoms. The van der Waals surface area contributed by atoms with Crippen LogP contribution in [0.25, 0.3) is 0 Å². The van der Waals surface area contributed by atoms with Crippen LogP contribution < -0.4 is 10.6 Å². The maximum absolute atomic E-state index is 12.4. The van der Waals surface area contributed by atoms with E-state index >= 15 is 0 Å². The number of nitrogens with one attached hydrogen (secondary N) is 2. The lowest BCUT2D eigenvalue weighted by atomic mass is 9.80. The average Bonchev–Trinajstić information content (AvgIpc) is 3.17. The van der Waals surface area contributed by atoms with Crippen molar-refractivity contribution >= 4 is 5.91 Å². The topological polar surface area (TPSA) is 80.0 Å². The van der Waals surface area contributed by atoms with Crippen LogP contribution in [0.1, 0.15) is 63.1 Å². The summed E-state index contributed by atoms with van der Waals surface area (Å²) < 4.78 is 5.14. The Morgan fingerprint density at radius 1 is 1.41 bits per heavy atom. The van der Waals surface area contributed by atoms with Gasteiger partial charge in [-0.1, -0.05) is 24.4 Å². The van der Waals surface area contributed by atoms with Crippen molar-refractivity contribution in [3.05, 3.63) is 11.7 Å². The zero-order valence-corrected chi connectivity index (χ0v) is 13.4. The first-order valence-electron chi connectivity index (χ1n) is 8.50. The summed E-state index contributed by atoms with van der Waals surface area (Å²) in [6.07, 6.45) is 7.95. The molecular weight excluding hydrogens is 280 g/mol. The summed E-state index contributed by atoms with van der Waals surface area (Å²) in [6.45, 7) is 3.92. The van der Waals surface area contributed by atoms with Crippen LogP contribution in [-0.2, 0) is 10.3 Å². The summed E-state index contributed by atoms with van der Waals surface area (Å²) in [5.74, 6) is 1.98. The quantitative estimate of drug-likeness (QED) is 0.870. The van der Waals surface area contributed by atoms with Gasteiger partial charge < -0.3 is 15.2 Å². The Labute approximate surface area is 131 Å². The largest absolute Gasteiger partial charge is 0.343 e. The molecule has 1 aliphatic heterocycles. The van der Waals surface area contributed by atoms with Gasteiger partial charge in [-0.2, -0.15) is 4.98 Å². The van der Waals surface area contributed by atoms with E-state index in [1.54, 1.807) is 6.92 Å². The molecule has 1 aromatic rings. The monoisotopic (exact) mass is 306 g/mol. The van der Waals surface area contributed by atoms with E-state index in [2.05, 4.69) is 20.8 Å². The zero-order chi connectivity index (χ0) is 15.4. The van der Waals surface area contributed by atoms with Gasteiger partial charge in [-0.25, -0.2) is 0 Å². The highest BCUT2D eigenvalue weighted by Crippen LogP contribution is 2.35. The third-order valence-corrected chi connectivity index (χ3v) is 4.98. The highest BCUT2D eigenvalue weighted by atomic mass is 16.5. The minimum absolute atomic E-state index is 0.122. The summed E-state index contributed by atoms with van der Waals surface area (Å²) in [5, 5.41) is 10.7. The second kappa shape index (κ2) is 6.77. The number of carbonyl (C=O) groups is 1. The molecule has 6 nitrogen and oxygen atoms in total. The predicted octanol–water partition coefficient (Wildman–Crippen LogP) is 2.04.